The van der Waals surface area contributed by atoms with Crippen LogP contribution in [0.2, 0.25) is 0 Å². The van der Waals surface area contributed by atoms with Gasteiger partial charge < -0.3 is 24.4 Å². The summed E-state index contributed by atoms with van der Waals surface area (Å²) >= 11 is 0. The fraction of sp³-hybridized carbons (Fsp3) is 0.789. The highest BCUT2D eigenvalue weighted by molar-refractivity contribution is 5.91. The van der Waals surface area contributed by atoms with Gasteiger partial charge in [0.25, 0.3) is 0 Å². The predicted octanol–water partition coefficient (Wildman–Crippen LogP) is 1.31. The smallest absolute Gasteiger partial charge is 0.334 e. The summed E-state index contributed by atoms with van der Waals surface area (Å²) in [6, 6.07) is 0. The minimum absolute atomic E-state index is 0.211. The van der Waals surface area contributed by atoms with Crippen molar-refractivity contribution in [1.82, 2.24) is 0 Å². The molecule has 1 unspecified atom stereocenters. The Morgan fingerprint density at radius 3 is 2.65 bits per heavy atom. The van der Waals surface area contributed by atoms with Crippen LogP contribution in [0.5, 0.6) is 0 Å². The summed E-state index contributed by atoms with van der Waals surface area (Å²) in [7, 11) is 0. The Balaban J connectivity index is 2.00. The van der Waals surface area contributed by atoms with Crippen molar-refractivity contribution in [1.29, 1.82) is 0 Å². The lowest BCUT2D eigenvalue weighted by molar-refractivity contribution is -0.275. The van der Waals surface area contributed by atoms with E-state index >= 15 is 0 Å². The van der Waals surface area contributed by atoms with E-state index in [1.807, 2.05) is 0 Å². The molecule has 146 valence electrons. The third-order valence-electron chi connectivity index (χ3n) is 5.90. The lowest BCUT2D eigenvalue weighted by Crippen LogP contribution is -2.47. The first-order chi connectivity index (χ1) is 12.0. The maximum absolute atomic E-state index is 12.3. The second kappa shape index (κ2) is 6.32. The standard InChI is InChI=1S/C19H28O7/c1-9(2)16(21)25-13-7-18(5)8-14(20)19(23,26-18)10(3)6-12-15(13)11(4)17(22)24-12/h9-10,12-15,20,23H,4,6-8H2,1-3,5H3/t10-,12+,13+,14?,15-,18+,19-/m0/s1. The molecule has 3 heterocycles. The molecule has 0 saturated carbocycles. The van der Waals surface area contributed by atoms with Crippen molar-refractivity contribution in [3.05, 3.63) is 12.2 Å². The summed E-state index contributed by atoms with van der Waals surface area (Å²) in [6.45, 7) is 10.8. The summed E-state index contributed by atoms with van der Waals surface area (Å²) in [5.74, 6) is -3.92. The zero-order chi connectivity index (χ0) is 19.4. The van der Waals surface area contributed by atoms with E-state index < -0.39 is 47.5 Å². The molecule has 2 bridgehead atoms. The van der Waals surface area contributed by atoms with E-state index in [4.69, 9.17) is 14.2 Å². The van der Waals surface area contributed by atoms with Gasteiger partial charge in [0.2, 0.25) is 0 Å². The molecule has 0 aromatic heterocycles. The topological polar surface area (TPSA) is 102 Å². The van der Waals surface area contributed by atoms with E-state index in [1.54, 1.807) is 27.7 Å². The zero-order valence-corrected chi connectivity index (χ0v) is 15.7. The summed E-state index contributed by atoms with van der Waals surface area (Å²) in [6.07, 6.45) is -1.62. The van der Waals surface area contributed by atoms with E-state index in [9.17, 15) is 19.8 Å². The quantitative estimate of drug-likeness (QED) is 0.560. The van der Waals surface area contributed by atoms with Gasteiger partial charge in [0.05, 0.1) is 17.4 Å². The number of aliphatic hydroxyl groups excluding tert-OH is 1. The van der Waals surface area contributed by atoms with E-state index in [2.05, 4.69) is 6.58 Å². The van der Waals surface area contributed by atoms with Crippen LogP contribution in [0.25, 0.3) is 0 Å². The Morgan fingerprint density at radius 1 is 1.38 bits per heavy atom. The first-order valence-electron chi connectivity index (χ1n) is 9.18. The van der Waals surface area contributed by atoms with E-state index in [0.717, 1.165) is 0 Å². The third kappa shape index (κ3) is 3.06. The summed E-state index contributed by atoms with van der Waals surface area (Å²) < 4.78 is 17.1. The highest BCUT2D eigenvalue weighted by Crippen LogP contribution is 2.49. The average Bonchev–Trinajstić information content (AvgIpc) is 2.92. The second-order valence-electron chi connectivity index (χ2n) is 8.49. The molecule has 0 amide bonds. The highest BCUT2D eigenvalue weighted by Gasteiger charge is 2.60. The lowest BCUT2D eigenvalue weighted by Gasteiger charge is -2.34. The van der Waals surface area contributed by atoms with Crippen molar-refractivity contribution in [2.45, 2.75) is 76.7 Å². The van der Waals surface area contributed by atoms with E-state index in [-0.39, 0.29) is 36.7 Å². The van der Waals surface area contributed by atoms with E-state index in [0.29, 0.717) is 0 Å². The summed E-state index contributed by atoms with van der Waals surface area (Å²) in [4.78, 5) is 24.4. The fourth-order valence-electron chi connectivity index (χ4n) is 4.39. The minimum atomic E-state index is -1.73. The van der Waals surface area contributed by atoms with Crippen molar-refractivity contribution in [3.8, 4) is 0 Å². The van der Waals surface area contributed by atoms with Crippen molar-refractivity contribution in [3.63, 3.8) is 0 Å². The van der Waals surface area contributed by atoms with Gasteiger partial charge in [-0.05, 0) is 13.3 Å². The van der Waals surface area contributed by atoms with Crippen LogP contribution >= 0.6 is 0 Å². The van der Waals surface area contributed by atoms with Crippen molar-refractivity contribution < 1.29 is 34.0 Å². The zero-order valence-electron chi connectivity index (χ0n) is 15.7. The fourth-order valence-corrected chi connectivity index (χ4v) is 4.39. The number of hydrogen-bond acceptors (Lipinski definition) is 7. The second-order valence-corrected chi connectivity index (χ2v) is 8.49. The molecule has 0 aromatic carbocycles. The Bertz CT molecular complexity index is 629. The van der Waals surface area contributed by atoms with Gasteiger partial charge in [0.1, 0.15) is 18.3 Å². The van der Waals surface area contributed by atoms with Crippen LogP contribution in [-0.4, -0.2) is 51.9 Å². The molecule has 0 aliphatic carbocycles. The van der Waals surface area contributed by atoms with Gasteiger partial charge in [-0.15, -0.1) is 0 Å². The molecule has 7 atom stereocenters. The number of rotatable bonds is 2. The molecule has 3 saturated heterocycles. The van der Waals surface area contributed by atoms with Crippen LogP contribution in [0, 0.1) is 17.8 Å². The molecule has 26 heavy (non-hydrogen) atoms. The minimum Gasteiger partial charge on any atom is -0.461 e. The molecule has 0 aromatic rings. The monoisotopic (exact) mass is 368 g/mol. The SMILES string of the molecule is C=C1C(=O)O[C@@H]2C[C@H](C)[C@]3(O)O[C@@](C)(CC3O)C[C@@H](OC(=O)C(C)C)[C@@H]12. The molecule has 2 N–H and O–H groups in total. The number of fused-ring (bicyclic) bond motifs is 3. The highest BCUT2D eigenvalue weighted by atomic mass is 16.7. The first-order valence-corrected chi connectivity index (χ1v) is 9.18. The molecule has 3 fully saturated rings. The number of carbonyl (C=O) groups excluding carboxylic acids is 2. The van der Waals surface area contributed by atoms with Gasteiger partial charge in [-0.25, -0.2) is 4.79 Å². The Hall–Kier alpha value is -1.44. The largest absolute Gasteiger partial charge is 0.461 e. The molecule has 7 nitrogen and oxygen atoms in total. The van der Waals surface area contributed by atoms with Gasteiger partial charge in [0.15, 0.2) is 5.79 Å². The molecule has 0 radical (unpaired) electrons. The van der Waals surface area contributed by atoms with Crippen LogP contribution in [0.3, 0.4) is 0 Å². The summed E-state index contributed by atoms with van der Waals surface area (Å²) in [5.41, 5.74) is -0.622. The number of hydrogen-bond donors (Lipinski definition) is 2. The maximum atomic E-state index is 12.3. The normalized spacial score (nSPS) is 45.6. The molecule has 0 spiro atoms. The lowest BCUT2D eigenvalue weighted by atomic mass is 9.78. The number of aliphatic hydroxyl groups is 2. The average molecular weight is 368 g/mol. The molecule has 3 rings (SSSR count). The van der Waals surface area contributed by atoms with Gasteiger partial charge in [-0.3, -0.25) is 4.79 Å². The van der Waals surface area contributed by atoms with Crippen molar-refractivity contribution >= 4 is 11.9 Å². The third-order valence-corrected chi connectivity index (χ3v) is 5.90. The van der Waals surface area contributed by atoms with Crippen LogP contribution in [0.4, 0.5) is 0 Å². The first kappa shape index (κ1) is 19.3. The predicted molar refractivity (Wildman–Crippen MR) is 90.7 cm³/mol. The van der Waals surface area contributed by atoms with Crippen molar-refractivity contribution in [2.75, 3.05) is 0 Å². The van der Waals surface area contributed by atoms with E-state index in [1.165, 1.54) is 0 Å². The maximum Gasteiger partial charge on any atom is 0.334 e. The van der Waals surface area contributed by atoms with Crippen LogP contribution < -0.4 is 0 Å². The molecular weight excluding hydrogens is 340 g/mol. The Labute approximate surface area is 153 Å². The molecule has 3 aliphatic heterocycles. The number of esters is 2. The van der Waals surface area contributed by atoms with Gasteiger partial charge in [-0.1, -0.05) is 27.4 Å². The number of ether oxygens (including phenoxy) is 3. The van der Waals surface area contributed by atoms with Crippen LogP contribution in [0.1, 0.15) is 47.0 Å². The Kier molecular flexibility index (Phi) is 4.70. The van der Waals surface area contributed by atoms with Gasteiger partial charge >= 0.3 is 11.9 Å². The molecule has 3 aliphatic rings. The van der Waals surface area contributed by atoms with Gasteiger partial charge in [-0.2, -0.15) is 0 Å². The summed E-state index contributed by atoms with van der Waals surface area (Å²) in [5, 5.41) is 21.3. The molecule has 7 heteroatoms. The number of carbonyl (C=O) groups is 2. The van der Waals surface area contributed by atoms with Crippen LogP contribution in [0.15, 0.2) is 12.2 Å². The van der Waals surface area contributed by atoms with Crippen molar-refractivity contribution in [2.24, 2.45) is 17.8 Å². The van der Waals surface area contributed by atoms with Gasteiger partial charge in [0, 0.05) is 24.3 Å². The Morgan fingerprint density at radius 2 is 2.04 bits per heavy atom. The molecular formula is C19H28O7. The van der Waals surface area contributed by atoms with Crippen LogP contribution in [-0.2, 0) is 23.8 Å².